The molecule has 1 aliphatic carbocycles. The van der Waals surface area contributed by atoms with Gasteiger partial charge in [-0.05, 0) is 25.8 Å². The lowest BCUT2D eigenvalue weighted by atomic mass is 9.80. The summed E-state index contributed by atoms with van der Waals surface area (Å²) in [6.07, 6.45) is 4.71. The van der Waals surface area contributed by atoms with Crippen molar-refractivity contribution in [1.82, 2.24) is 24.4 Å². The topological polar surface area (TPSA) is 130 Å². The van der Waals surface area contributed by atoms with E-state index in [0.29, 0.717) is 41.1 Å². The molecule has 3 aromatic heterocycles. The van der Waals surface area contributed by atoms with Crippen LogP contribution in [0.2, 0.25) is 5.02 Å². The SMILES string of the molecule is Cc1nn2c(N)c(C#N)c(NCCc3ccn(C4CCC4CO)n3)nc2c1Cl. The first kappa shape index (κ1) is 18.5. The third-order valence-corrected chi connectivity index (χ3v) is 5.75. The Balaban J connectivity index is 1.48. The summed E-state index contributed by atoms with van der Waals surface area (Å²) in [5.41, 5.74) is 8.27. The minimum absolute atomic E-state index is 0.199. The van der Waals surface area contributed by atoms with Crippen LogP contribution in [0.4, 0.5) is 11.6 Å². The number of rotatable bonds is 6. The number of nitrogens with zero attached hydrogens (tertiary/aromatic N) is 6. The van der Waals surface area contributed by atoms with Crippen molar-refractivity contribution in [3.05, 3.63) is 34.2 Å². The highest BCUT2D eigenvalue weighted by Crippen LogP contribution is 2.37. The molecule has 0 aliphatic heterocycles. The summed E-state index contributed by atoms with van der Waals surface area (Å²) in [5, 5.41) is 31.2. The second-order valence-electron chi connectivity index (χ2n) is 7.02. The third-order valence-electron chi connectivity index (χ3n) is 5.30. The quantitative estimate of drug-likeness (QED) is 0.576. The number of aryl methyl sites for hydroxylation is 1. The van der Waals surface area contributed by atoms with Crippen LogP contribution in [-0.2, 0) is 6.42 Å². The lowest BCUT2D eigenvalue weighted by Gasteiger charge is -2.35. The molecule has 4 rings (SSSR count). The van der Waals surface area contributed by atoms with Gasteiger partial charge >= 0.3 is 0 Å². The number of hydrogen-bond donors (Lipinski definition) is 3. The first-order chi connectivity index (χ1) is 13.5. The Bertz CT molecular complexity index is 1060. The van der Waals surface area contributed by atoms with Crippen LogP contribution in [0.1, 0.15) is 35.8 Å². The number of nitrogens with two attached hydrogens (primary N) is 1. The Morgan fingerprint density at radius 1 is 1.43 bits per heavy atom. The number of hydrogen-bond acceptors (Lipinski definition) is 7. The van der Waals surface area contributed by atoms with Gasteiger partial charge < -0.3 is 16.2 Å². The Kier molecular flexibility index (Phi) is 4.83. The molecule has 3 heterocycles. The number of anilines is 2. The van der Waals surface area contributed by atoms with Crippen molar-refractivity contribution in [3.8, 4) is 6.07 Å². The van der Waals surface area contributed by atoms with Gasteiger partial charge in [0.25, 0.3) is 0 Å². The molecule has 0 aromatic carbocycles. The minimum Gasteiger partial charge on any atom is -0.396 e. The highest BCUT2D eigenvalue weighted by molar-refractivity contribution is 6.34. The van der Waals surface area contributed by atoms with E-state index in [0.717, 1.165) is 18.5 Å². The summed E-state index contributed by atoms with van der Waals surface area (Å²) in [7, 11) is 0. The van der Waals surface area contributed by atoms with Crippen LogP contribution in [0.5, 0.6) is 0 Å². The largest absolute Gasteiger partial charge is 0.396 e. The monoisotopic (exact) mass is 400 g/mol. The molecule has 0 saturated heterocycles. The van der Waals surface area contributed by atoms with Gasteiger partial charge in [-0.3, -0.25) is 4.68 Å². The summed E-state index contributed by atoms with van der Waals surface area (Å²) in [5.74, 6) is 0.884. The summed E-state index contributed by atoms with van der Waals surface area (Å²) in [6, 6.07) is 4.34. The van der Waals surface area contributed by atoms with Crippen molar-refractivity contribution >= 4 is 28.9 Å². The van der Waals surface area contributed by atoms with Gasteiger partial charge in [0.05, 0.1) is 17.4 Å². The first-order valence-electron chi connectivity index (χ1n) is 9.16. The molecule has 9 nitrogen and oxygen atoms in total. The minimum atomic E-state index is 0.199. The van der Waals surface area contributed by atoms with Crippen molar-refractivity contribution in [2.45, 2.75) is 32.2 Å². The second-order valence-corrected chi connectivity index (χ2v) is 7.40. The van der Waals surface area contributed by atoms with E-state index in [2.05, 4.69) is 26.6 Å². The molecule has 3 aromatic rings. The zero-order valence-electron chi connectivity index (χ0n) is 15.4. The number of aliphatic hydroxyl groups excluding tert-OH is 1. The molecule has 0 amide bonds. The molecular weight excluding hydrogens is 380 g/mol. The Labute approximate surface area is 166 Å². The fourth-order valence-electron chi connectivity index (χ4n) is 3.50. The summed E-state index contributed by atoms with van der Waals surface area (Å²) in [4.78, 5) is 4.44. The van der Waals surface area contributed by atoms with Crippen LogP contribution in [0.25, 0.3) is 5.65 Å². The van der Waals surface area contributed by atoms with E-state index in [-0.39, 0.29) is 24.0 Å². The first-order valence-corrected chi connectivity index (χ1v) is 9.54. The Morgan fingerprint density at radius 3 is 2.93 bits per heavy atom. The molecule has 2 atom stereocenters. The van der Waals surface area contributed by atoms with Crippen molar-refractivity contribution < 1.29 is 5.11 Å². The van der Waals surface area contributed by atoms with Crippen LogP contribution in [-0.4, -0.2) is 42.6 Å². The van der Waals surface area contributed by atoms with Crippen LogP contribution in [0.15, 0.2) is 12.3 Å². The molecule has 10 heteroatoms. The molecule has 1 aliphatic rings. The van der Waals surface area contributed by atoms with Crippen LogP contribution in [0, 0.1) is 24.2 Å². The maximum absolute atomic E-state index is 9.48. The Morgan fingerprint density at radius 2 is 2.25 bits per heavy atom. The van der Waals surface area contributed by atoms with E-state index in [4.69, 9.17) is 17.3 Å². The van der Waals surface area contributed by atoms with Crippen molar-refractivity contribution in [1.29, 1.82) is 5.26 Å². The number of aromatic nitrogens is 5. The van der Waals surface area contributed by atoms with Gasteiger partial charge in [-0.25, -0.2) is 4.98 Å². The number of nitriles is 1. The van der Waals surface area contributed by atoms with Crippen molar-refractivity contribution in [2.75, 3.05) is 24.2 Å². The smallest absolute Gasteiger partial charge is 0.178 e. The van der Waals surface area contributed by atoms with Gasteiger partial charge in [0.1, 0.15) is 28.3 Å². The van der Waals surface area contributed by atoms with Gasteiger partial charge in [0.2, 0.25) is 0 Å². The summed E-state index contributed by atoms with van der Waals surface area (Å²) < 4.78 is 3.33. The number of aliphatic hydroxyl groups is 1. The predicted molar refractivity (Wildman–Crippen MR) is 105 cm³/mol. The lowest BCUT2D eigenvalue weighted by Crippen LogP contribution is -2.31. The number of fused-ring (bicyclic) bond motifs is 1. The maximum atomic E-state index is 9.48. The van der Waals surface area contributed by atoms with Crippen molar-refractivity contribution in [2.24, 2.45) is 5.92 Å². The van der Waals surface area contributed by atoms with E-state index < -0.39 is 0 Å². The van der Waals surface area contributed by atoms with Crippen LogP contribution in [0.3, 0.4) is 0 Å². The molecule has 4 N–H and O–H groups in total. The zero-order valence-corrected chi connectivity index (χ0v) is 16.2. The highest BCUT2D eigenvalue weighted by Gasteiger charge is 2.32. The van der Waals surface area contributed by atoms with Gasteiger partial charge in [-0.2, -0.15) is 20.0 Å². The lowest BCUT2D eigenvalue weighted by molar-refractivity contribution is 0.0892. The number of halogens is 1. The molecule has 28 heavy (non-hydrogen) atoms. The molecule has 0 radical (unpaired) electrons. The van der Waals surface area contributed by atoms with Crippen LogP contribution >= 0.6 is 11.6 Å². The molecular formula is C18H21ClN8O. The van der Waals surface area contributed by atoms with E-state index in [1.165, 1.54) is 4.52 Å². The zero-order chi connectivity index (χ0) is 19.8. The van der Waals surface area contributed by atoms with Crippen molar-refractivity contribution in [3.63, 3.8) is 0 Å². The average molecular weight is 401 g/mol. The third kappa shape index (κ3) is 3.04. The van der Waals surface area contributed by atoms with E-state index in [9.17, 15) is 10.4 Å². The summed E-state index contributed by atoms with van der Waals surface area (Å²) >= 11 is 6.24. The second kappa shape index (κ2) is 7.30. The number of nitrogens with one attached hydrogen (secondary N) is 1. The van der Waals surface area contributed by atoms with Gasteiger partial charge in [-0.1, -0.05) is 11.6 Å². The number of nitrogen functional groups attached to an aromatic ring is 1. The fraction of sp³-hybridized carbons (Fsp3) is 0.444. The van der Waals surface area contributed by atoms with Gasteiger partial charge in [-0.15, -0.1) is 0 Å². The average Bonchev–Trinajstić information content (AvgIpc) is 3.21. The normalized spacial score (nSPS) is 18.8. The fourth-order valence-corrected chi connectivity index (χ4v) is 3.66. The molecule has 2 unspecified atom stereocenters. The highest BCUT2D eigenvalue weighted by atomic mass is 35.5. The summed E-state index contributed by atoms with van der Waals surface area (Å²) in [6.45, 7) is 2.49. The molecule has 0 bridgehead atoms. The molecule has 1 saturated carbocycles. The van der Waals surface area contributed by atoms with Gasteiger partial charge in [0.15, 0.2) is 5.65 Å². The van der Waals surface area contributed by atoms with Crippen LogP contribution < -0.4 is 11.1 Å². The van der Waals surface area contributed by atoms with E-state index in [1.54, 1.807) is 6.92 Å². The standard InChI is InChI=1S/C18H21ClN8O/c1-10-15(19)18-23-17(13(8-20)16(21)27(18)24-10)22-6-4-12-5-7-26(25-12)14-3-2-11(14)9-28/h5,7,11,14,28H,2-4,6,9,21H2,1H3,(H,22,23). The molecule has 0 spiro atoms. The predicted octanol–water partition coefficient (Wildman–Crippen LogP) is 1.94. The van der Waals surface area contributed by atoms with Gasteiger partial charge in [0, 0.05) is 31.7 Å². The Hall–Kier alpha value is -2.83. The maximum Gasteiger partial charge on any atom is 0.178 e. The molecule has 1 fully saturated rings. The van der Waals surface area contributed by atoms with E-state index in [1.807, 2.05) is 16.9 Å². The van der Waals surface area contributed by atoms with E-state index >= 15 is 0 Å². The molecule has 146 valence electrons.